The fraction of sp³-hybridized carbons (Fsp3) is 0.357. The van der Waals surface area contributed by atoms with Crippen LogP contribution in [0.5, 0.6) is 0 Å². The van der Waals surface area contributed by atoms with Crippen LogP contribution in [0.2, 0.25) is 0 Å². The van der Waals surface area contributed by atoms with Gasteiger partial charge in [0.15, 0.2) is 0 Å². The largest absolute Gasteiger partial charge is 0.433 e. The predicted molar refractivity (Wildman–Crippen MR) is 74.6 cm³/mol. The standard InChI is InChI=1S/C14H15F3N4O2/c15-14(16,17)12-3-2-11(10-19-12)13(22)18-5-8-23-9-7-21-6-1-4-20-21/h1-4,6,10H,5,7-9H2,(H,18,22). The van der Waals surface area contributed by atoms with Gasteiger partial charge in [-0.25, -0.2) is 0 Å². The Morgan fingerprint density at radius 2 is 2.13 bits per heavy atom. The van der Waals surface area contributed by atoms with Crippen molar-refractivity contribution in [2.24, 2.45) is 0 Å². The zero-order valence-corrected chi connectivity index (χ0v) is 12.1. The maximum Gasteiger partial charge on any atom is 0.433 e. The Bertz CT molecular complexity index is 612. The molecule has 0 aliphatic heterocycles. The van der Waals surface area contributed by atoms with Crippen LogP contribution >= 0.6 is 0 Å². The van der Waals surface area contributed by atoms with E-state index in [4.69, 9.17) is 4.74 Å². The summed E-state index contributed by atoms with van der Waals surface area (Å²) in [5.41, 5.74) is -0.967. The Morgan fingerprint density at radius 1 is 1.30 bits per heavy atom. The molecule has 0 aliphatic carbocycles. The van der Waals surface area contributed by atoms with Gasteiger partial charge in [-0.05, 0) is 18.2 Å². The highest BCUT2D eigenvalue weighted by Gasteiger charge is 2.32. The van der Waals surface area contributed by atoms with Crippen molar-refractivity contribution >= 4 is 5.91 Å². The Balaban J connectivity index is 1.66. The SMILES string of the molecule is O=C(NCCOCCn1cccn1)c1ccc(C(F)(F)F)nc1. The average Bonchev–Trinajstić information content (AvgIpc) is 3.03. The second kappa shape index (κ2) is 7.73. The van der Waals surface area contributed by atoms with Gasteiger partial charge in [0.2, 0.25) is 0 Å². The smallest absolute Gasteiger partial charge is 0.378 e. The Kier molecular flexibility index (Phi) is 5.69. The third kappa shape index (κ3) is 5.37. The van der Waals surface area contributed by atoms with E-state index >= 15 is 0 Å². The van der Waals surface area contributed by atoms with E-state index in [1.54, 1.807) is 16.9 Å². The summed E-state index contributed by atoms with van der Waals surface area (Å²) < 4.78 is 44.1. The van der Waals surface area contributed by atoms with E-state index in [0.717, 1.165) is 18.3 Å². The lowest BCUT2D eigenvalue weighted by Crippen LogP contribution is -2.28. The summed E-state index contributed by atoms with van der Waals surface area (Å²) in [4.78, 5) is 15.0. The molecule has 0 saturated carbocycles. The number of halogens is 3. The lowest BCUT2D eigenvalue weighted by Gasteiger charge is -2.08. The maximum atomic E-state index is 12.4. The first-order valence-corrected chi connectivity index (χ1v) is 6.83. The number of hydrogen-bond acceptors (Lipinski definition) is 4. The van der Waals surface area contributed by atoms with E-state index in [1.165, 1.54) is 0 Å². The van der Waals surface area contributed by atoms with Crippen LogP contribution in [-0.4, -0.2) is 40.4 Å². The summed E-state index contributed by atoms with van der Waals surface area (Å²) in [6, 6.07) is 3.66. The molecule has 23 heavy (non-hydrogen) atoms. The predicted octanol–water partition coefficient (Wildman–Crippen LogP) is 1.74. The zero-order valence-electron chi connectivity index (χ0n) is 12.1. The van der Waals surface area contributed by atoms with Crippen molar-refractivity contribution in [2.45, 2.75) is 12.7 Å². The fourth-order valence-corrected chi connectivity index (χ4v) is 1.73. The van der Waals surface area contributed by atoms with E-state index < -0.39 is 17.8 Å². The molecule has 1 N–H and O–H groups in total. The molecule has 2 rings (SSSR count). The summed E-state index contributed by atoms with van der Waals surface area (Å²) in [5.74, 6) is -0.498. The van der Waals surface area contributed by atoms with Gasteiger partial charge in [0.1, 0.15) is 5.69 Å². The molecule has 124 valence electrons. The average molecular weight is 328 g/mol. The molecule has 2 aromatic heterocycles. The highest BCUT2D eigenvalue weighted by Crippen LogP contribution is 2.27. The Hall–Kier alpha value is -2.42. The van der Waals surface area contributed by atoms with Crippen molar-refractivity contribution in [1.82, 2.24) is 20.1 Å². The number of ether oxygens (including phenoxy) is 1. The van der Waals surface area contributed by atoms with Gasteiger partial charge in [-0.1, -0.05) is 0 Å². The molecule has 0 atom stereocenters. The molecule has 1 amide bonds. The number of hydrogen-bond donors (Lipinski definition) is 1. The van der Waals surface area contributed by atoms with Crippen LogP contribution in [0, 0.1) is 0 Å². The molecule has 9 heteroatoms. The number of amides is 1. The van der Waals surface area contributed by atoms with Crippen LogP contribution < -0.4 is 5.32 Å². The molecule has 0 aromatic carbocycles. The van der Waals surface area contributed by atoms with Gasteiger partial charge < -0.3 is 10.1 Å². The molecule has 2 heterocycles. The number of carbonyl (C=O) groups is 1. The second-order valence-electron chi connectivity index (χ2n) is 4.57. The summed E-state index contributed by atoms with van der Waals surface area (Å²) in [6.07, 6.45) is -0.144. The minimum absolute atomic E-state index is 0.0644. The van der Waals surface area contributed by atoms with E-state index in [0.29, 0.717) is 19.8 Å². The minimum Gasteiger partial charge on any atom is -0.378 e. The third-order valence-electron chi connectivity index (χ3n) is 2.87. The summed E-state index contributed by atoms with van der Waals surface area (Å²) in [6.45, 7) is 1.59. The maximum absolute atomic E-state index is 12.4. The topological polar surface area (TPSA) is 69.0 Å². The first-order chi connectivity index (χ1) is 11.0. The van der Waals surface area contributed by atoms with E-state index in [1.807, 2.05) is 6.20 Å². The van der Waals surface area contributed by atoms with Gasteiger partial charge in [0.25, 0.3) is 5.91 Å². The lowest BCUT2D eigenvalue weighted by molar-refractivity contribution is -0.141. The van der Waals surface area contributed by atoms with Crippen LogP contribution in [0.25, 0.3) is 0 Å². The molecule has 0 spiro atoms. The number of nitrogens with zero attached hydrogens (tertiary/aromatic N) is 3. The molecule has 2 aromatic rings. The fourth-order valence-electron chi connectivity index (χ4n) is 1.73. The second-order valence-corrected chi connectivity index (χ2v) is 4.57. The molecular weight excluding hydrogens is 313 g/mol. The Labute approximate surface area is 130 Å². The number of alkyl halides is 3. The van der Waals surface area contributed by atoms with Crippen LogP contribution in [-0.2, 0) is 17.5 Å². The van der Waals surface area contributed by atoms with Crippen molar-refractivity contribution in [2.75, 3.05) is 19.8 Å². The number of pyridine rings is 1. The summed E-state index contributed by atoms with van der Waals surface area (Å²) in [5, 5.41) is 6.55. The molecule has 0 aliphatic rings. The molecular formula is C14H15F3N4O2. The first kappa shape index (κ1) is 16.9. The van der Waals surface area contributed by atoms with Gasteiger partial charge in [0, 0.05) is 25.1 Å². The van der Waals surface area contributed by atoms with Gasteiger partial charge in [-0.3, -0.25) is 14.5 Å². The van der Waals surface area contributed by atoms with Crippen molar-refractivity contribution in [3.8, 4) is 0 Å². The summed E-state index contributed by atoms with van der Waals surface area (Å²) in [7, 11) is 0. The normalized spacial score (nSPS) is 11.4. The highest BCUT2D eigenvalue weighted by atomic mass is 19.4. The molecule has 0 fully saturated rings. The van der Waals surface area contributed by atoms with Crippen molar-refractivity contribution in [3.63, 3.8) is 0 Å². The number of carbonyl (C=O) groups excluding carboxylic acids is 1. The number of rotatable bonds is 7. The van der Waals surface area contributed by atoms with E-state index in [9.17, 15) is 18.0 Å². The van der Waals surface area contributed by atoms with Crippen molar-refractivity contribution in [1.29, 1.82) is 0 Å². The van der Waals surface area contributed by atoms with Crippen molar-refractivity contribution < 1.29 is 22.7 Å². The minimum atomic E-state index is -4.52. The van der Waals surface area contributed by atoms with Crippen molar-refractivity contribution in [3.05, 3.63) is 48.0 Å². The molecule has 0 bridgehead atoms. The van der Waals surface area contributed by atoms with E-state index in [2.05, 4.69) is 15.4 Å². The molecule has 0 saturated heterocycles. The number of aromatic nitrogens is 3. The molecule has 0 unspecified atom stereocenters. The van der Waals surface area contributed by atoms with Gasteiger partial charge in [-0.2, -0.15) is 18.3 Å². The van der Waals surface area contributed by atoms with Crippen LogP contribution in [0.1, 0.15) is 16.1 Å². The van der Waals surface area contributed by atoms with Gasteiger partial charge in [0.05, 0.1) is 25.3 Å². The third-order valence-corrected chi connectivity index (χ3v) is 2.87. The first-order valence-electron chi connectivity index (χ1n) is 6.83. The van der Waals surface area contributed by atoms with Crippen LogP contribution in [0.4, 0.5) is 13.2 Å². The number of nitrogens with one attached hydrogen (secondary N) is 1. The Morgan fingerprint density at radius 3 is 2.74 bits per heavy atom. The zero-order chi connectivity index (χ0) is 16.7. The van der Waals surface area contributed by atoms with Gasteiger partial charge in [-0.15, -0.1) is 0 Å². The van der Waals surface area contributed by atoms with Gasteiger partial charge >= 0.3 is 6.18 Å². The monoisotopic (exact) mass is 328 g/mol. The van der Waals surface area contributed by atoms with E-state index in [-0.39, 0.29) is 12.1 Å². The highest BCUT2D eigenvalue weighted by molar-refractivity contribution is 5.93. The quantitative estimate of drug-likeness (QED) is 0.786. The van der Waals surface area contributed by atoms with Crippen LogP contribution in [0.3, 0.4) is 0 Å². The molecule has 6 nitrogen and oxygen atoms in total. The lowest BCUT2D eigenvalue weighted by atomic mass is 10.2. The van der Waals surface area contributed by atoms with Crippen LogP contribution in [0.15, 0.2) is 36.8 Å². The summed E-state index contributed by atoms with van der Waals surface area (Å²) >= 11 is 0. The molecule has 0 radical (unpaired) electrons.